The fraction of sp³-hybridized carbons (Fsp3) is 0.105. The molecule has 2 aromatic carbocycles. The first-order valence-corrected chi connectivity index (χ1v) is 16.7. The zero-order valence-corrected chi connectivity index (χ0v) is 27.7. The summed E-state index contributed by atoms with van der Waals surface area (Å²) in [7, 11) is -1.35. The predicted molar refractivity (Wildman–Crippen MR) is 196 cm³/mol. The Morgan fingerprint density at radius 1 is 0.538 bits per heavy atom. The molecular weight excluding hydrogens is 658 g/mol. The minimum atomic E-state index is -0.674. The molecule has 4 aromatic heterocycles. The monoisotopic (exact) mass is 688 g/mol. The van der Waals surface area contributed by atoms with Crippen molar-refractivity contribution in [1.29, 1.82) is 0 Å². The third-order valence-electron chi connectivity index (χ3n) is 8.57. The van der Waals surface area contributed by atoms with Crippen LogP contribution in [0.1, 0.15) is 20.7 Å². The molecule has 0 aliphatic carbocycles. The number of benzene rings is 2. The van der Waals surface area contributed by atoms with E-state index in [9.17, 15) is 9.59 Å². The van der Waals surface area contributed by atoms with Gasteiger partial charge >= 0.3 is 14.2 Å². The van der Waals surface area contributed by atoms with Crippen molar-refractivity contribution in [3.63, 3.8) is 0 Å². The molecule has 2 saturated heterocycles. The maximum Gasteiger partial charge on any atom is 0.494 e. The molecule has 0 bridgehead atoms. The molecule has 254 valence electrons. The van der Waals surface area contributed by atoms with Crippen molar-refractivity contribution in [1.82, 2.24) is 19.9 Å². The Hall–Kier alpha value is -6.05. The second-order valence-corrected chi connectivity index (χ2v) is 12.1. The fourth-order valence-electron chi connectivity index (χ4n) is 5.90. The molecule has 6 heterocycles. The maximum atomic E-state index is 13.0. The summed E-state index contributed by atoms with van der Waals surface area (Å²) in [5, 5.41) is 5.85. The Labute approximate surface area is 299 Å². The summed E-state index contributed by atoms with van der Waals surface area (Å²) in [5.41, 5.74) is 6.33. The molecule has 2 N–H and O–H groups in total. The highest BCUT2D eigenvalue weighted by atomic mass is 16.7. The van der Waals surface area contributed by atoms with Crippen molar-refractivity contribution < 1.29 is 28.2 Å². The van der Waals surface area contributed by atoms with Gasteiger partial charge in [0, 0.05) is 36.2 Å². The van der Waals surface area contributed by atoms with E-state index in [0.29, 0.717) is 33.9 Å². The number of carbonyl (C=O) groups excluding carboxylic acids is 2. The highest BCUT2D eigenvalue weighted by Crippen LogP contribution is 2.22. The number of nitrogens with one attached hydrogen (secondary N) is 2. The largest absolute Gasteiger partial charge is 0.494 e. The summed E-state index contributed by atoms with van der Waals surface area (Å²) < 4.78 is 24.7. The lowest BCUT2D eigenvalue weighted by molar-refractivity contribution is -0.0884. The summed E-state index contributed by atoms with van der Waals surface area (Å²) >= 11 is 0. The second kappa shape index (κ2) is 15.1. The Kier molecular flexibility index (Phi) is 9.59. The average Bonchev–Trinajstić information content (AvgIpc) is 3.21. The Balaban J connectivity index is 0.854. The van der Waals surface area contributed by atoms with Gasteiger partial charge in [-0.25, -0.2) is 0 Å². The number of amides is 2. The van der Waals surface area contributed by atoms with Gasteiger partial charge in [-0.05, 0) is 83.7 Å². The molecule has 0 unspecified atom stereocenters. The quantitative estimate of drug-likeness (QED) is 0.225. The van der Waals surface area contributed by atoms with Gasteiger partial charge in [0.2, 0.25) is 0 Å². The third-order valence-corrected chi connectivity index (χ3v) is 8.57. The smallest absolute Gasteiger partial charge is 0.405 e. The van der Waals surface area contributed by atoms with E-state index in [-0.39, 0.29) is 37.2 Å². The molecule has 0 spiro atoms. The number of pyridine rings is 4. The van der Waals surface area contributed by atoms with Crippen LogP contribution in [-0.4, -0.2) is 71.4 Å². The minimum absolute atomic E-state index is 0.276. The van der Waals surface area contributed by atoms with Crippen LogP contribution >= 0.6 is 0 Å². The third kappa shape index (κ3) is 7.50. The van der Waals surface area contributed by atoms with Crippen LogP contribution in [0.4, 0.5) is 11.4 Å². The van der Waals surface area contributed by atoms with Crippen molar-refractivity contribution in [2.75, 3.05) is 23.8 Å². The molecular formula is C38H30B2N6O6. The van der Waals surface area contributed by atoms with E-state index in [1.165, 1.54) is 12.4 Å². The Bertz CT molecular complexity index is 2030. The van der Waals surface area contributed by atoms with Crippen molar-refractivity contribution in [2.45, 2.75) is 12.2 Å². The number of hydrogen-bond donors (Lipinski definition) is 2. The van der Waals surface area contributed by atoms with Gasteiger partial charge in [-0.2, -0.15) is 0 Å². The number of anilines is 2. The minimum Gasteiger partial charge on any atom is -0.405 e. The van der Waals surface area contributed by atoms with Gasteiger partial charge in [0.05, 0.1) is 59.3 Å². The predicted octanol–water partition coefficient (Wildman–Crippen LogP) is 4.03. The lowest BCUT2D eigenvalue weighted by atomic mass is 9.74. The second-order valence-electron chi connectivity index (χ2n) is 12.1. The van der Waals surface area contributed by atoms with E-state index in [0.717, 1.165) is 22.3 Å². The number of fused-ring (bicyclic) bond motifs is 1. The number of rotatable bonds is 8. The van der Waals surface area contributed by atoms with E-state index in [1.807, 2.05) is 72.8 Å². The van der Waals surface area contributed by atoms with Crippen molar-refractivity contribution in [3.8, 4) is 22.8 Å². The molecule has 2 aliphatic rings. The van der Waals surface area contributed by atoms with Gasteiger partial charge in [-0.1, -0.05) is 36.4 Å². The van der Waals surface area contributed by atoms with E-state index in [2.05, 4.69) is 30.6 Å². The zero-order valence-electron chi connectivity index (χ0n) is 27.7. The summed E-state index contributed by atoms with van der Waals surface area (Å²) in [6.07, 6.45) is 5.71. The number of nitrogens with zero attached hydrogens (tertiary/aromatic N) is 4. The topological polar surface area (TPSA) is 147 Å². The molecule has 0 radical (unpaired) electrons. The highest BCUT2D eigenvalue weighted by molar-refractivity contribution is 6.62. The molecule has 14 heteroatoms. The van der Waals surface area contributed by atoms with Gasteiger partial charge in [-0.15, -0.1) is 0 Å². The molecule has 52 heavy (non-hydrogen) atoms. The van der Waals surface area contributed by atoms with Crippen LogP contribution in [0.2, 0.25) is 0 Å². The molecule has 2 atom stereocenters. The number of carbonyl (C=O) groups is 2. The lowest BCUT2D eigenvalue weighted by Gasteiger charge is -2.40. The first-order chi connectivity index (χ1) is 25.6. The molecule has 0 saturated carbocycles. The van der Waals surface area contributed by atoms with Crippen molar-refractivity contribution in [3.05, 3.63) is 145 Å². The lowest BCUT2D eigenvalue weighted by Crippen LogP contribution is -2.60. The van der Waals surface area contributed by atoms with Gasteiger partial charge in [-0.3, -0.25) is 29.5 Å². The first kappa shape index (κ1) is 33.1. The van der Waals surface area contributed by atoms with Gasteiger partial charge in [0.15, 0.2) is 0 Å². The summed E-state index contributed by atoms with van der Waals surface area (Å²) in [6.45, 7) is 0.552. The summed E-state index contributed by atoms with van der Waals surface area (Å²) in [6, 6.07) is 32.8. The van der Waals surface area contributed by atoms with Crippen LogP contribution in [0.15, 0.2) is 134 Å². The summed E-state index contributed by atoms with van der Waals surface area (Å²) in [4.78, 5) is 43.4. The molecule has 12 nitrogen and oxygen atoms in total. The molecule has 2 aliphatic heterocycles. The molecule has 6 aromatic rings. The van der Waals surface area contributed by atoms with E-state index < -0.39 is 14.2 Å². The van der Waals surface area contributed by atoms with Crippen LogP contribution in [-0.2, 0) is 18.6 Å². The molecule has 2 amide bonds. The summed E-state index contributed by atoms with van der Waals surface area (Å²) in [5.74, 6) is -0.586. The maximum absolute atomic E-state index is 13.0. The van der Waals surface area contributed by atoms with Crippen LogP contribution in [0, 0.1) is 0 Å². The van der Waals surface area contributed by atoms with E-state index in [4.69, 9.17) is 18.6 Å². The zero-order chi connectivity index (χ0) is 35.3. The van der Waals surface area contributed by atoms with Gasteiger partial charge < -0.3 is 29.3 Å². The van der Waals surface area contributed by atoms with Crippen molar-refractivity contribution in [2.24, 2.45) is 0 Å². The number of hydrogen-bond acceptors (Lipinski definition) is 10. The first-order valence-electron chi connectivity index (χ1n) is 16.7. The van der Waals surface area contributed by atoms with Crippen molar-refractivity contribution >= 4 is 48.4 Å². The van der Waals surface area contributed by atoms with Gasteiger partial charge in [0.1, 0.15) is 0 Å². The number of aromatic nitrogens is 4. The fourth-order valence-corrected chi connectivity index (χ4v) is 5.90. The average molecular weight is 688 g/mol. The van der Waals surface area contributed by atoms with Crippen LogP contribution in [0.25, 0.3) is 22.8 Å². The van der Waals surface area contributed by atoms with E-state index in [1.54, 1.807) is 48.8 Å². The van der Waals surface area contributed by atoms with Gasteiger partial charge in [0.25, 0.3) is 11.8 Å². The Morgan fingerprint density at radius 2 is 1.00 bits per heavy atom. The normalized spacial score (nSPS) is 16.8. The van der Waals surface area contributed by atoms with Crippen LogP contribution < -0.4 is 21.6 Å². The molecule has 2 fully saturated rings. The van der Waals surface area contributed by atoms with E-state index >= 15 is 0 Å². The van der Waals surface area contributed by atoms with Crippen LogP contribution in [0.3, 0.4) is 0 Å². The Morgan fingerprint density at radius 3 is 1.40 bits per heavy atom. The SMILES string of the molecule is O=C(Nc1cccc(B2OC[C@H]3OB(c4cccc(NC(=O)c5ccc(-c6ccccn6)nc5)c4)OC[C@H]3O2)c1)c1ccc(-c2ccccn2)nc1. The highest BCUT2D eigenvalue weighted by Gasteiger charge is 2.43. The molecule has 8 rings (SSSR count). The standard InChI is InChI=1S/C38H30B2N6O6/c47-37(25-13-15-33(43-21-25)31-11-1-3-17-41-31)45-29-9-5-7-27(19-29)39-49-23-36-35(51-39)24-50-40(52-36)28-8-6-10-30(20-28)46-38(48)26-14-16-34(44-22-26)32-12-2-4-18-42-32/h1-22,35-36H,23-24H2,(H,45,47)(H,46,48)/t35-,36-/m1/s1. The van der Waals surface area contributed by atoms with Crippen LogP contribution in [0.5, 0.6) is 0 Å².